The third-order valence-corrected chi connectivity index (χ3v) is 5.51. The van der Waals surface area contributed by atoms with Gasteiger partial charge in [0.15, 0.2) is 0 Å². The second-order valence-electron chi connectivity index (χ2n) is 7.49. The zero-order valence-electron chi connectivity index (χ0n) is 16.5. The standard InChI is InChI=1S/C20H23F3N6O/c21-20(22,23)16-5-4-15(13-24-16)19(30)29-10-8-28(9-11-29)18-12-17(25-14-26-18)27-6-2-1-3-7-27/h4-5,12-14H,1-3,6-11H2. The molecular formula is C20H23F3N6O. The van der Waals surface area contributed by atoms with Crippen LogP contribution in [-0.4, -0.2) is 65.0 Å². The van der Waals surface area contributed by atoms with Crippen LogP contribution < -0.4 is 9.80 Å². The Morgan fingerprint density at radius 3 is 2.03 bits per heavy atom. The van der Waals surface area contributed by atoms with Crippen molar-refractivity contribution in [2.45, 2.75) is 25.4 Å². The fourth-order valence-corrected chi connectivity index (χ4v) is 3.82. The number of hydrogen-bond donors (Lipinski definition) is 0. The van der Waals surface area contributed by atoms with E-state index in [4.69, 9.17) is 0 Å². The van der Waals surface area contributed by atoms with E-state index in [2.05, 4.69) is 24.8 Å². The lowest BCUT2D eigenvalue weighted by atomic mass is 10.1. The summed E-state index contributed by atoms with van der Waals surface area (Å²) in [6, 6.07) is 4.01. The maximum absolute atomic E-state index is 12.7. The van der Waals surface area contributed by atoms with E-state index in [-0.39, 0.29) is 11.5 Å². The summed E-state index contributed by atoms with van der Waals surface area (Å²) in [6.45, 7) is 4.11. The van der Waals surface area contributed by atoms with Crippen LogP contribution in [0.5, 0.6) is 0 Å². The number of carbonyl (C=O) groups excluding carboxylic acids is 1. The van der Waals surface area contributed by atoms with Gasteiger partial charge in [-0.25, -0.2) is 9.97 Å². The lowest BCUT2D eigenvalue weighted by Gasteiger charge is -2.36. The van der Waals surface area contributed by atoms with Crippen LogP contribution in [0.15, 0.2) is 30.7 Å². The first-order valence-corrected chi connectivity index (χ1v) is 10.1. The van der Waals surface area contributed by atoms with E-state index >= 15 is 0 Å². The SMILES string of the molecule is O=C(c1ccc(C(F)(F)F)nc1)N1CCN(c2cc(N3CCCCC3)ncn2)CC1. The van der Waals surface area contributed by atoms with Gasteiger partial charge in [0.05, 0.1) is 5.56 Å². The van der Waals surface area contributed by atoms with Crippen molar-refractivity contribution in [1.29, 1.82) is 0 Å². The van der Waals surface area contributed by atoms with Crippen LogP contribution in [0.25, 0.3) is 0 Å². The maximum atomic E-state index is 12.7. The Balaban J connectivity index is 1.37. The molecule has 2 aromatic heterocycles. The van der Waals surface area contributed by atoms with E-state index in [9.17, 15) is 18.0 Å². The number of anilines is 2. The van der Waals surface area contributed by atoms with Gasteiger partial charge in [0.1, 0.15) is 23.7 Å². The van der Waals surface area contributed by atoms with Crippen molar-refractivity contribution in [1.82, 2.24) is 19.9 Å². The molecule has 30 heavy (non-hydrogen) atoms. The highest BCUT2D eigenvalue weighted by Gasteiger charge is 2.32. The van der Waals surface area contributed by atoms with Crippen molar-refractivity contribution in [3.63, 3.8) is 0 Å². The monoisotopic (exact) mass is 420 g/mol. The molecule has 4 rings (SSSR count). The highest BCUT2D eigenvalue weighted by molar-refractivity contribution is 5.94. The maximum Gasteiger partial charge on any atom is 0.433 e. The van der Waals surface area contributed by atoms with Crippen LogP contribution in [0.1, 0.15) is 35.3 Å². The molecule has 0 saturated carbocycles. The second kappa shape index (κ2) is 8.45. The first kappa shape index (κ1) is 20.4. The number of rotatable bonds is 3. The number of nitrogens with zero attached hydrogens (tertiary/aromatic N) is 6. The van der Waals surface area contributed by atoms with Crippen molar-refractivity contribution < 1.29 is 18.0 Å². The smallest absolute Gasteiger partial charge is 0.356 e. The zero-order valence-corrected chi connectivity index (χ0v) is 16.5. The average molecular weight is 420 g/mol. The van der Waals surface area contributed by atoms with Gasteiger partial charge >= 0.3 is 6.18 Å². The Labute approximate surface area is 172 Å². The van der Waals surface area contributed by atoms with E-state index in [1.54, 1.807) is 11.2 Å². The van der Waals surface area contributed by atoms with Gasteiger partial charge in [-0.15, -0.1) is 0 Å². The molecule has 0 N–H and O–H groups in total. The quantitative estimate of drug-likeness (QED) is 0.761. The van der Waals surface area contributed by atoms with Crippen LogP contribution in [0, 0.1) is 0 Å². The molecule has 0 radical (unpaired) electrons. The molecule has 7 nitrogen and oxygen atoms in total. The average Bonchev–Trinajstić information content (AvgIpc) is 2.79. The molecule has 0 spiro atoms. The highest BCUT2D eigenvalue weighted by atomic mass is 19.4. The van der Waals surface area contributed by atoms with E-state index in [0.717, 1.165) is 37.0 Å². The van der Waals surface area contributed by atoms with Gasteiger partial charge in [0.2, 0.25) is 0 Å². The summed E-state index contributed by atoms with van der Waals surface area (Å²) >= 11 is 0. The van der Waals surface area contributed by atoms with Crippen molar-refractivity contribution in [3.05, 3.63) is 42.0 Å². The first-order chi connectivity index (χ1) is 14.4. The Morgan fingerprint density at radius 2 is 1.47 bits per heavy atom. The van der Waals surface area contributed by atoms with E-state index < -0.39 is 11.9 Å². The Kier molecular flexibility index (Phi) is 5.74. The number of carbonyl (C=O) groups is 1. The minimum Gasteiger partial charge on any atom is -0.356 e. The normalized spacial score (nSPS) is 17.9. The van der Waals surface area contributed by atoms with Crippen LogP contribution in [0.2, 0.25) is 0 Å². The van der Waals surface area contributed by atoms with Crippen molar-refractivity contribution >= 4 is 17.5 Å². The molecule has 2 aliphatic rings. The molecule has 0 bridgehead atoms. The van der Waals surface area contributed by atoms with Crippen molar-refractivity contribution in [2.75, 3.05) is 49.1 Å². The summed E-state index contributed by atoms with van der Waals surface area (Å²) in [5.74, 6) is 1.44. The fraction of sp³-hybridized carbons (Fsp3) is 0.500. The van der Waals surface area contributed by atoms with E-state index in [1.165, 1.54) is 25.3 Å². The first-order valence-electron chi connectivity index (χ1n) is 10.1. The van der Waals surface area contributed by atoms with Gasteiger partial charge in [-0.05, 0) is 31.4 Å². The molecule has 160 valence electrons. The molecule has 2 aromatic rings. The fourth-order valence-electron chi connectivity index (χ4n) is 3.82. The molecule has 0 aliphatic carbocycles. The topological polar surface area (TPSA) is 65.5 Å². The molecule has 2 fully saturated rings. The molecule has 0 atom stereocenters. The summed E-state index contributed by atoms with van der Waals surface area (Å²) in [5, 5.41) is 0. The number of piperidine rings is 1. The minimum atomic E-state index is -4.52. The Morgan fingerprint density at radius 1 is 0.833 bits per heavy atom. The van der Waals surface area contributed by atoms with Crippen molar-refractivity contribution in [2.24, 2.45) is 0 Å². The van der Waals surface area contributed by atoms with Gasteiger partial charge in [0.25, 0.3) is 5.91 Å². The van der Waals surface area contributed by atoms with Crippen molar-refractivity contribution in [3.8, 4) is 0 Å². The van der Waals surface area contributed by atoms with Gasteiger partial charge < -0.3 is 14.7 Å². The predicted octanol–water partition coefficient (Wildman–Crippen LogP) is 2.84. The minimum absolute atomic E-state index is 0.158. The third-order valence-electron chi connectivity index (χ3n) is 5.51. The summed E-state index contributed by atoms with van der Waals surface area (Å²) in [4.78, 5) is 30.8. The molecule has 10 heteroatoms. The lowest BCUT2D eigenvalue weighted by Crippen LogP contribution is -2.49. The van der Waals surface area contributed by atoms with Gasteiger partial charge in [-0.2, -0.15) is 13.2 Å². The molecule has 2 aliphatic heterocycles. The molecule has 4 heterocycles. The van der Waals surface area contributed by atoms with Crippen LogP contribution in [0.3, 0.4) is 0 Å². The summed E-state index contributed by atoms with van der Waals surface area (Å²) in [7, 11) is 0. The summed E-state index contributed by atoms with van der Waals surface area (Å²) < 4.78 is 38.0. The van der Waals surface area contributed by atoms with Gasteiger partial charge in [-0.3, -0.25) is 9.78 Å². The summed E-state index contributed by atoms with van der Waals surface area (Å²) in [5.41, 5.74) is -0.844. The largest absolute Gasteiger partial charge is 0.433 e. The van der Waals surface area contributed by atoms with Crippen LogP contribution >= 0.6 is 0 Å². The number of hydrogen-bond acceptors (Lipinski definition) is 6. The summed E-state index contributed by atoms with van der Waals surface area (Å²) in [6.07, 6.45) is 1.63. The van der Waals surface area contributed by atoms with E-state index in [0.29, 0.717) is 26.2 Å². The number of piperazine rings is 1. The number of alkyl halides is 3. The van der Waals surface area contributed by atoms with Crippen LogP contribution in [0.4, 0.5) is 24.8 Å². The van der Waals surface area contributed by atoms with E-state index in [1.807, 2.05) is 6.07 Å². The zero-order chi connectivity index (χ0) is 21.1. The number of amides is 1. The Hall–Kier alpha value is -2.91. The van der Waals surface area contributed by atoms with Gasteiger partial charge in [-0.1, -0.05) is 0 Å². The van der Waals surface area contributed by atoms with Gasteiger partial charge in [0, 0.05) is 51.5 Å². The predicted molar refractivity (Wildman–Crippen MR) is 105 cm³/mol. The molecule has 0 unspecified atom stereocenters. The number of aromatic nitrogens is 3. The number of pyridine rings is 1. The highest BCUT2D eigenvalue weighted by Crippen LogP contribution is 2.27. The molecule has 0 aromatic carbocycles. The van der Waals surface area contributed by atoms with Crippen LogP contribution in [-0.2, 0) is 6.18 Å². The molecule has 2 saturated heterocycles. The second-order valence-corrected chi connectivity index (χ2v) is 7.49. The third kappa shape index (κ3) is 4.47. The lowest BCUT2D eigenvalue weighted by molar-refractivity contribution is -0.141. The molecule has 1 amide bonds. The molecular weight excluding hydrogens is 397 g/mol. The number of halogens is 3. The Bertz CT molecular complexity index is 875.